The van der Waals surface area contributed by atoms with E-state index < -0.39 is 35.0 Å². The third-order valence-corrected chi connectivity index (χ3v) is 4.32. The number of hydrogen-bond donors (Lipinski definition) is 2. The maximum absolute atomic E-state index is 14.1. The van der Waals surface area contributed by atoms with Gasteiger partial charge in [-0.15, -0.1) is 11.8 Å². The summed E-state index contributed by atoms with van der Waals surface area (Å²) in [6.07, 6.45) is 1.53. The predicted octanol–water partition coefficient (Wildman–Crippen LogP) is 5.48. The van der Waals surface area contributed by atoms with E-state index in [1.54, 1.807) is 5.32 Å². The molecular formula is C17H11Cl2F3N2O2S. The van der Waals surface area contributed by atoms with Crippen LogP contribution in [0.1, 0.15) is 10.4 Å². The zero-order valence-electron chi connectivity index (χ0n) is 13.4. The van der Waals surface area contributed by atoms with Crippen LogP contribution in [0.3, 0.4) is 0 Å². The fourth-order valence-electron chi connectivity index (χ4n) is 1.92. The Labute approximate surface area is 166 Å². The standard InChI is InChI=1S/C17H11Cl2F3N2O2S/c18-14(19)6-7-27-9-4-5-13(12(22)8-9)23-17(26)24-16(25)15-10(20)2-1-3-11(15)21/h1-6,8H,7H2,(H2,23,24,25,26). The van der Waals surface area contributed by atoms with Gasteiger partial charge >= 0.3 is 6.03 Å². The van der Waals surface area contributed by atoms with E-state index in [2.05, 4.69) is 5.32 Å². The molecule has 0 radical (unpaired) electrons. The molecule has 3 amide bonds. The molecule has 0 aliphatic rings. The summed E-state index contributed by atoms with van der Waals surface area (Å²) >= 11 is 12.2. The number of amides is 3. The highest BCUT2D eigenvalue weighted by atomic mass is 35.5. The van der Waals surface area contributed by atoms with Gasteiger partial charge in [-0.25, -0.2) is 18.0 Å². The number of anilines is 1. The average molecular weight is 435 g/mol. The Morgan fingerprint density at radius 3 is 2.30 bits per heavy atom. The van der Waals surface area contributed by atoms with Crippen molar-refractivity contribution >= 4 is 52.6 Å². The summed E-state index contributed by atoms with van der Waals surface area (Å²) in [6, 6.07) is 5.65. The molecule has 0 saturated carbocycles. The van der Waals surface area contributed by atoms with Crippen LogP contribution in [-0.4, -0.2) is 17.7 Å². The highest BCUT2D eigenvalue weighted by Crippen LogP contribution is 2.24. The van der Waals surface area contributed by atoms with E-state index >= 15 is 0 Å². The zero-order chi connectivity index (χ0) is 20.0. The lowest BCUT2D eigenvalue weighted by Crippen LogP contribution is -2.35. The summed E-state index contributed by atoms with van der Waals surface area (Å²) in [5.74, 6) is -3.89. The van der Waals surface area contributed by atoms with E-state index in [0.717, 1.165) is 24.3 Å². The molecule has 2 rings (SSSR count). The number of carbonyl (C=O) groups excluding carboxylic acids is 2. The molecule has 0 unspecified atom stereocenters. The van der Waals surface area contributed by atoms with E-state index in [0.29, 0.717) is 10.6 Å². The molecule has 142 valence electrons. The number of urea groups is 1. The first-order valence-electron chi connectivity index (χ1n) is 7.27. The minimum absolute atomic E-state index is 0.0916. The van der Waals surface area contributed by atoms with E-state index in [-0.39, 0.29) is 10.2 Å². The first kappa shape index (κ1) is 21.1. The van der Waals surface area contributed by atoms with Crippen molar-refractivity contribution in [3.8, 4) is 0 Å². The molecule has 0 aliphatic heterocycles. The number of nitrogens with one attached hydrogen (secondary N) is 2. The van der Waals surface area contributed by atoms with Gasteiger partial charge in [0.25, 0.3) is 5.91 Å². The van der Waals surface area contributed by atoms with Crippen LogP contribution in [0.15, 0.2) is 51.9 Å². The summed E-state index contributed by atoms with van der Waals surface area (Å²) in [5, 5.41) is 3.83. The first-order chi connectivity index (χ1) is 12.8. The highest BCUT2D eigenvalue weighted by Gasteiger charge is 2.19. The van der Waals surface area contributed by atoms with Crippen LogP contribution >= 0.6 is 35.0 Å². The Morgan fingerprint density at radius 1 is 1.04 bits per heavy atom. The minimum Gasteiger partial charge on any atom is -0.305 e. The van der Waals surface area contributed by atoms with Gasteiger partial charge in [0.2, 0.25) is 0 Å². The lowest BCUT2D eigenvalue weighted by molar-refractivity contribution is 0.0959. The Bertz CT molecular complexity index is 885. The maximum Gasteiger partial charge on any atom is 0.326 e. The molecule has 27 heavy (non-hydrogen) atoms. The Balaban J connectivity index is 2.01. The molecule has 0 fully saturated rings. The van der Waals surface area contributed by atoms with Crippen molar-refractivity contribution in [2.45, 2.75) is 4.90 Å². The second kappa shape index (κ2) is 9.68. The summed E-state index contributed by atoms with van der Waals surface area (Å²) in [5.41, 5.74) is -1.13. The van der Waals surface area contributed by atoms with Crippen LogP contribution in [0.4, 0.5) is 23.7 Å². The van der Waals surface area contributed by atoms with Gasteiger partial charge in [0, 0.05) is 10.6 Å². The summed E-state index contributed by atoms with van der Waals surface area (Å²) in [6.45, 7) is 0. The smallest absolute Gasteiger partial charge is 0.305 e. The van der Waals surface area contributed by atoms with Gasteiger partial charge in [-0.05, 0) is 36.4 Å². The molecule has 0 spiro atoms. The van der Waals surface area contributed by atoms with Gasteiger partial charge in [0.1, 0.15) is 27.5 Å². The second-order valence-electron chi connectivity index (χ2n) is 4.95. The number of hydrogen-bond acceptors (Lipinski definition) is 3. The monoisotopic (exact) mass is 434 g/mol. The molecule has 0 aliphatic carbocycles. The summed E-state index contributed by atoms with van der Waals surface area (Å²) in [4.78, 5) is 24.2. The fourth-order valence-corrected chi connectivity index (χ4v) is 3.05. The van der Waals surface area contributed by atoms with E-state index in [1.807, 2.05) is 0 Å². The molecule has 0 atom stereocenters. The third-order valence-electron chi connectivity index (χ3n) is 3.09. The van der Waals surface area contributed by atoms with Gasteiger partial charge in [0.05, 0.1) is 5.69 Å². The summed E-state index contributed by atoms with van der Waals surface area (Å²) in [7, 11) is 0. The normalized spacial score (nSPS) is 10.3. The van der Waals surface area contributed by atoms with Crippen LogP contribution in [0.2, 0.25) is 0 Å². The molecule has 0 saturated heterocycles. The Hall–Kier alpha value is -2.16. The predicted molar refractivity (Wildman–Crippen MR) is 99.8 cm³/mol. The quantitative estimate of drug-likeness (QED) is 0.612. The topological polar surface area (TPSA) is 58.2 Å². The van der Waals surface area contributed by atoms with Crippen LogP contribution in [0, 0.1) is 17.5 Å². The van der Waals surface area contributed by atoms with Crippen molar-refractivity contribution in [3.05, 3.63) is 70.0 Å². The number of halogens is 5. The summed E-state index contributed by atoms with van der Waals surface area (Å²) < 4.78 is 41.2. The second-order valence-corrected chi connectivity index (χ2v) is 7.05. The van der Waals surface area contributed by atoms with Gasteiger partial charge < -0.3 is 5.32 Å². The van der Waals surface area contributed by atoms with Gasteiger partial charge in [0.15, 0.2) is 0 Å². The van der Waals surface area contributed by atoms with Crippen molar-refractivity contribution in [2.75, 3.05) is 11.1 Å². The first-order valence-corrected chi connectivity index (χ1v) is 9.02. The molecule has 10 heteroatoms. The molecule has 0 heterocycles. The van der Waals surface area contributed by atoms with E-state index in [9.17, 15) is 22.8 Å². The van der Waals surface area contributed by atoms with Gasteiger partial charge in [-0.3, -0.25) is 10.1 Å². The Morgan fingerprint density at radius 2 is 1.70 bits per heavy atom. The number of imide groups is 1. The maximum atomic E-state index is 14.1. The van der Waals surface area contributed by atoms with Crippen LogP contribution in [0.5, 0.6) is 0 Å². The Kier molecular flexibility index (Phi) is 7.58. The molecule has 0 bridgehead atoms. The SMILES string of the molecule is O=C(NC(=O)c1c(F)cccc1F)Nc1ccc(SCC=C(Cl)Cl)cc1F. The molecule has 2 aromatic rings. The number of benzene rings is 2. The molecule has 0 aromatic heterocycles. The number of thioether (sulfide) groups is 1. The van der Waals surface area contributed by atoms with Crippen molar-refractivity contribution in [3.63, 3.8) is 0 Å². The third kappa shape index (κ3) is 6.20. The zero-order valence-corrected chi connectivity index (χ0v) is 15.7. The largest absolute Gasteiger partial charge is 0.326 e. The van der Waals surface area contributed by atoms with Crippen LogP contribution < -0.4 is 10.6 Å². The van der Waals surface area contributed by atoms with E-state index in [4.69, 9.17) is 23.2 Å². The average Bonchev–Trinajstić information content (AvgIpc) is 2.56. The van der Waals surface area contributed by atoms with Crippen molar-refractivity contribution < 1.29 is 22.8 Å². The van der Waals surface area contributed by atoms with Gasteiger partial charge in [-0.2, -0.15) is 0 Å². The lowest BCUT2D eigenvalue weighted by atomic mass is 10.2. The van der Waals surface area contributed by atoms with Crippen molar-refractivity contribution in [2.24, 2.45) is 0 Å². The van der Waals surface area contributed by atoms with Gasteiger partial charge in [-0.1, -0.05) is 29.3 Å². The van der Waals surface area contributed by atoms with Crippen molar-refractivity contribution in [1.82, 2.24) is 5.32 Å². The van der Waals surface area contributed by atoms with E-state index in [1.165, 1.54) is 30.0 Å². The lowest BCUT2D eigenvalue weighted by Gasteiger charge is -2.09. The number of carbonyl (C=O) groups is 2. The highest BCUT2D eigenvalue weighted by molar-refractivity contribution is 7.99. The molecule has 2 aromatic carbocycles. The van der Waals surface area contributed by atoms with Crippen LogP contribution in [-0.2, 0) is 0 Å². The van der Waals surface area contributed by atoms with Crippen LogP contribution in [0.25, 0.3) is 0 Å². The molecule has 4 nitrogen and oxygen atoms in total. The number of rotatable bonds is 5. The molecule has 2 N–H and O–H groups in total. The fraction of sp³-hybridized carbons (Fsp3) is 0.0588. The minimum atomic E-state index is -1.29. The molecular weight excluding hydrogens is 424 g/mol. The van der Waals surface area contributed by atoms with Crippen molar-refractivity contribution in [1.29, 1.82) is 0 Å².